The number of aromatic nitrogens is 4. The normalized spacial score (nSPS) is 13.9. The lowest BCUT2D eigenvalue weighted by Gasteiger charge is -2.28. The number of hydrogen-bond donors (Lipinski definition) is 24. The van der Waals surface area contributed by atoms with E-state index in [1.807, 2.05) is 105 Å². The first-order valence-electron chi connectivity index (χ1n) is 35.9. The summed E-state index contributed by atoms with van der Waals surface area (Å²) >= 11 is 0. The van der Waals surface area contributed by atoms with Gasteiger partial charge in [0.15, 0.2) is 17.9 Å². The maximum Gasteiger partial charge on any atom is 0.326 e. The molecule has 0 spiro atoms. The van der Waals surface area contributed by atoms with Crippen molar-refractivity contribution in [3.05, 3.63) is 144 Å². The van der Waals surface area contributed by atoms with Gasteiger partial charge in [0.25, 0.3) is 0 Å². The molecule has 0 aliphatic heterocycles. The zero-order valence-electron chi connectivity index (χ0n) is 60.1. The van der Waals surface area contributed by atoms with E-state index in [1.165, 1.54) is 0 Å². The lowest BCUT2D eigenvalue weighted by molar-refractivity contribution is -0.142. The average molecular weight is 1470 g/mol. The van der Waals surface area contributed by atoms with Crippen LogP contribution >= 0.6 is 0 Å². The van der Waals surface area contributed by atoms with E-state index < -0.39 is 108 Å². The van der Waals surface area contributed by atoms with Crippen molar-refractivity contribution in [2.24, 2.45) is 34.6 Å². The summed E-state index contributed by atoms with van der Waals surface area (Å²) in [5.74, 6) is -8.92. The fourth-order valence-corrected chi connectivity index (χ4v) is 12.8. The fraction of sp³-hybridized carbons (Fsp3) is 0.405. The number of carbonyl (C=O) groups is 9. The molecule has 572 valence electrons. The number of carboxylic acid groups (broad SMARTS) is 1. The Labute approximate surface area is 618 Å². The van der Waals surface area contributed by atoms with Crippen molar-refractivity contribution in [1.29, 1.82) is 16.2 Å². The molecule has 8 rings (SSSR count). The molecule has 9 atom stereocenters. The van der Waals surface area contributed by atoms with Crippen molar-refractivity contribution in [2.45, 2.75) is 158 Å². The summed E-state index contributed by atoms with van der Waals surface area (Å²) in [5.41, 5.74) is 34.5. The van der Waals surface area contributed by atoms with Crippen LogP contribution in [-0.4, -0.2) is 177 Å². The molecule has 0 bridgehead atoms. The van der Waals surface area contributed by atoms with E-state index in [0.29, 0.717) is 46.0 Å². The number of carboxylic acids is 1. The number of aromatic amines is 4. The van der Waals surface area contributed by atoms with Crippen LogP contribution in [0.3, 0.4) is 0 Å². The number of benzene rings is 4. The van der Waals surface area contributed by atoms with E-state index in [4.69, 9.17) is 44.9 Å². The molecule has 33 heteroatoms. The van der Waals surface area contributed by atoms with Crippen LogP contribution < -0.4 is 87.2 Å². The molecule has 4 aromatic heterocycles. The van der Waals surface area contributed by atoms with Gasteiger partial charge in [-0.2, -0.15) is 0 Å². The molecule has 0 radical (unpaired) electrons. The Morgan fingerprint density at radius 3 is 0.925 bits per heavy atom. The van der Waals surface area contributed by atoms with Gasteiger partial charge in [0.2, 0.25) is 47.3 Å². The number of H-pyrrole nitrogens is 4. The largest absolute Gasteiger partial charge is 0.480 e. The topological polar surface area (TPSA) is 571 Å². The number of unbranched alkanes of at least 4 members (excludes halogenated alkanes) is 1. The number of carbonyl (C=O) groups excluding carboxylic acids is 8. The number of amides is 8. The summed E-state index contributed by atoms with van der Waals surface area (Å²) in [7, 11) is 0. The molecule has 4 aromatic carbocycles. The smallest absolute Gasteiger partial charge is 0.326 e. The van der Waals surface area contributed by atoms with Gasteiger partial charge in [-0.25, -0.2) is 4.79 Å². The summed E-state index contributed by atoms with van der Waals surface area (Å²) in [4.78, 5) is 145. The van der Waals surface area contributed by atoms with Crippen LogP contribution in [0.5, 0.6) is 0 Å². The Balaban J connectivity index is 1.10. The minimum atomic E-state index is -1.51. The van der Waals surface area contributed by atoms with Crippen molar-refractivity contribution >= 4 is 115 Å². The van der Waals surface area contributed by atoms with E-state index in [1.54, 1.807) is 30.9 Å². The number of para-hydroxylation sites is 4. The van der Waals surface area contributed by atoms with E-state index in [2.05, 4.69) is 78.4 Å². The maximum atomic E-state index is 15.5. The number of hydrogen-bond acceptors (Lipinski definition) is 14. The Morgan fingerprint density at radius 1 is 0.374 bits per heavy atom. The van der Waals surface area contributed by atoms with E-state index in [-0.39, 0.29) is 127 Å². The number of aliphatic carboxylic acids is 1. The number of nitrogens with two attached hydrogens (primary N) is 5. The van der Waals surface area contributed by atoms with Crippen molar-refractivity contribution in [2.75, 3.05) is 26.2 Å². The number of guanidine groups is 3. The van der Waals surface area contributed by atoms with Gasteiger partial charge in [-0.1, -0.05) is 86.6 Å². The molecule has 33 nitrogen and oxygen atoms in total. The molecule has 0 fully saturated rings. The first kappa shape index (κ1) is 80.7. The summed E-state index contributed by atoms with van der Waals surface area (Å²) in [6.45, 7) is 4.22. The van der Waals surface area contributed by atoms with E-state index in [9.17, 15) is 24.3 Å². The fourth-order valence-electron chi connectivity index (χ4n) is 12.8. The van der Waals surface area contributed by atoms with Gasteiger partial charge in [-0.3, -0.25) is 54.6 Å². The predicted molar refractivity (Wildman–Crippen MR) is 409 cm³/mol. The van der Waals surface area contributed by atoms with Crippen LogP contribution in [0.1, 0.15) is 100 Å². The van der Waals surface area contributed by atoms with Crippen LogP contribution in [0, 0.1) is 22.1 Å². The van der Waals surface area contributed by atoms with Crippen molar-refractivity contribution in [1.82, 2.24) is 78.4 Å². The molecule has 8 amide bonds. The third kappa shape index (κ3) is 24.0. The van der Waals surface area contributed by atoms with Crippen molar-refractivity contribution in [3.63, 3.8) is 0 Å². The van der Waals surface area contributed by atoms with Crippen LogP contribution in [0.4, 0.5) is 0 Å². The quantitative estimate of drug-likeness (QED) is 0.0145. The molecule has 8 aromatic rings. The van der Waals surface area contributed by atoms with Crippen LogP contribution in [0.25, 0.3) is 43.6 Å². The van der Waals surface area contributed by atoms with Gasteiger partial charge in [0.05, 0.1) is 6.04 Å². The molecule has 0 saturated carbocycles. The van der Waals surface area contributed by atoms with Gasteiger partial charge in [-0.15, -0.1) is 0 Å². The van der Waals surface area contributed by atoms with Gasteiger partial charge < -0.3 is 112 Å². The number of fused-ring (bicyclic) bond motifs is 4. The van der Waals surface area contributed by atoms with Gasteiger partial charge >= 0.3 is 5.97 Å². The zero-order chi connectivity index (χ0) is 77.1. The Bertz CT molecular complexity index is 4410. The second kappa shape index (κ2) is 39.8. The van der Waals surface area contributed by atoms with Crippen molar-refractivity contribution < 1.29 is 48.3 Å². The van der Waals surface area contributed by atoms with Crippen molar-refractivity contribution in [3.8, 4) is 0 Å². The number of nitrogens with one attached hydrogen (secondary N) is 18. The third-order valence-electron chi connectivity index (χ3n) is 18.4. The minimum Gasteiger partial charge on any atom is -0.480 e. The summed E-state index contributed by atoms with van der Waals surface area (Å²) in [6, 6.07) is 16.8. The van der Waals surface area contributed by atoms with Crippen LogP contribution in [-0.2, 0) is 68.8 Å². The predicted octanol–water partition coefficient (Wildman–Crippen LogP) is 1.14. The number of rotatable bonds is 43. The standard InChI is InChI=1S/C74H101N23O10/c1-41(2)32-62(71(106)107)97-70(105)61(36-45-40-89-54-24-10-6-19-49(45)54)96-69(104)60(35-44-39-88-53-23-9-5-18-48(44)53)95-65(100)55(25-11-12-28-75)91-68(103)59(34-43-38-87-52-22-8-4-17-47(43)52)94-66(101)57(27-15-31-85-74(81)82)90-64(99)56(26-14-30-84-73(79)80)92-67(102)58(33-42-37-86-51-21-7-3-16-46(42)51)93-63(98)50(76)20-13-29-83-72(77)78/h3-10,16-19,21-24,37-41,50,55-62,86-89H,11-15,20,25-36,75-76H2,1-2H3,(H,90,99)(H,91,103)(H,92,102)(H,93,98)(H,94,101)(H,95,100)(H,96,104)(H,97,105)(H,106,107)(H4,77,78,83)(H4,79,80,84)(H4,81,82,85)/t50-,55-,56-,57-,58-,59-,60-,61-,62-/m0/s1. The monoisotopic (exact) mass is 1470 g/mol. The van der Waals surface area contributed by atoms with Gasteiger partial charge in [0, 0.05) is 114 Å². The molecule has 29 N–H and O–H groups in total. The summed E-state index contributed by atoms with van der Waals surface area (Å²) in [5, 5.41) is 66.8. The molecule has 0 unspecified atom stereocenters. The summed E-state index contributed by atoms with van der Waals surface area (Å²) in [6.07, 6.45) is 7.48. The third-order valence-corrected chi connectivity index (χ3v) is 18.4. The zero-order valence-corrected chi connectivity index (χ0v) is 60.1. The van der Waals surface area contributed by atoms with E-state index >= 15 is 24.0 Å². The molecular weight excluding hydrogens is 1370 g/mol. The van der Waals surface area contributed by atoms with Gasteiger partial charge in [-0.05, 0) is 123 Å². The minimum absolute atomic E-state index is 0.0299. The highest BCUT2D eigenvalue weighted by atomic mass is 16.4. The average Bonchev–Trinajstić information content (AvgIpc) is 1.73. The first-order valence-corrected chi connectivity index (χ1v) is 35.9. The Kier molecular flexibility index (Phi) is 30.0. The Hall–Kier alpha value is -12.0. The second-order valence-electron chi connectivity index (χ2n) is 27.1. The molecule has 0 aliphatic rings. The lowest BCUT2D eigenvalue weighted by Crippen LogP contribution is -2.61. The highest BCUT2D eigenvalue weighted by molar-refractivity contribution is 6.00. The maximum absolute atomic E-state index is 15.5. The van der Waals surface area contributed by atoms with Gasteiger partial charge in [0.1, 0.15) is 48.3 Å². The molecule has 0 saturated heterocycles. The highest BCUT2D eigenvalue weighted by Crippen LogP contribution is 2.25. The van der Waals surface area contributed by atoms with Crippen LogP contribution in [0.15, 0.2) is 122 Å². The summed E-state index contributed by atoms with van der Waals surface area (Å²) < 4.78 is 0. The highest BCUT2D eigenvalue weighted by Gasteiger charge is 2.37. The molecule has 4 heterocycles. The SMILES string of the molecule is CC(C)C[C@H](NC(=O)[C@H](Cc1c[nH]c2ccccc12)NC(=O)[C@H](Cc1c[nH]c2ccccc12)NC(=O)[C@H](CCCCN)NC(=O)[C@H](Cc1c[nH]c2ccccc12)NC(=O)[C@H](CCCNC(=N)N)NC(=O)[C@H](CCCNC(=N)N)NC(=O)[C@H](Cc1c[nH]c2ccccc12)NC(=O)[C@@H](N)CCCNC(=N)N)C(=O)O. The Morgan fingerprint density at radius 2 is 0.636 bits per heavy atom. The lowest BCUT2D eigenvalue weighted by atomic mass is 9.99. The molecule has 0 aliphatic carbocycles. The first-order chi connectivity index (χ1) is 51.3. The second-order valence-corrected chi connectivity index (χ2v) is 27.1. The van der Waals surface area contributed by atoms with E-state index in [0.717, 1.165) is 32.7 Å². The molecular formula is C74H101N23O10. The van der Waals surface area contributed by atoms with Crippen LogP contribution in [0.2, 0.25) is 0 Å². The molecule has 107 heavy (non-hydrogen) atoms.